The number of likely N-dealkylation sites (tertiary alicyclic amines) is 1. The number of fused-ring (bicyclic) bond motifs is 1. The van der Waals surface area contributed by atoms with E-state index in [0.717, 1.165) is 15.2 Å². The molecule has 0 bridgehead atoms. The van der Waals surface area contributed by atoms with Gasteiger partial charge in [-0.05, 0) is 25.1 Å². The fourth-order valence-electron chi connectivity index (χ4n) is 3.18. The number of hydrogen-bond acceptors (Lipinski definition) is 7. The molecule has 1 aliphatic heterocycles. The van der Waals surface area contributed by atoms with E-state index >= 15 is 0 Å². The lowest BCUT2D eigenvalue weighted by Gasteiger charge is -2.22. The van der Waals surface area contributed by atoms with Gasteiger partial charge in [-0.3, -0.25) is 0 Å². The Morgan fingerprint density at radius 3 is 2.93 bits per heavy atom. The largest absolute Gasteiger partial charge is 0.391 e. The van der Waals surface area contributed by atoms with Crippen LogP contribution >= 0.6 is 11.3 Å². The summed E-state index contributed by atoms with van der Waals surface area (Å²) >= 11 is 1.63. The number of rotatable bonds is 3. The van der Waals surface area contributed by atoms with E-state index in [9.17, 15) is 9.90 Å². The second-order valence-electron chi connectivity index (χ2n) is 7.06. The van der Waals surface area contributed by atoms with E-state index in [0.29, 0.717) is 29.7 Å². The van der Waals surface area contributed by atoms with E-state index in [2.05, 4.69) is 34.3 Å². The summed E-state index contributed by atoms with van der Waals surface area (Å²) in [6.07, 6.45) is -0.244. The molecule has 1 aliphatic rings. The van der Waals surface area contributed by atoms with Crippen LogP contribution in [0.2, 0.25) is 0 Å². The minimum absolute atomic E-state index is 0.220. The Morgan fingerprint density at radius 1 is 1.41 bits per heavy atom. The molecule has 2 aromatic heterocycles. The Morgan fingerprint density at radius 2 is 2.22 bits per heavy atom. The number of hydrogen-bond donors (Lipinski definition) is 2. The fraction of sp³-hybridized carbons (Fsp3) is 0.444. The van der Waals surface area contributed by atoms with Crippen molar-refractivity contribution in [1.29, 1.82) is 0 Å². The maximum Gasteiger partial charge on any atom is 0.322 e. The zero-order valence-corrected chi connectivity index (χ0v) is 16.2. The molecule has 1 aromatic carbocycles. The number of urea groups is 1. The molecule has 0 unspecified atom stereocenters. The summed E-state index contributed by atoms with van der Waals surface area (Å²) in [5, 5.41) is 17.8. The van der Waals surface area contributed by atoms with Gasteiger partial charge in [0.1, 0.15) is 6.04 Å². The number of aliphatic hydroxyl groups is 1. The number of amides is 2. The number of aromatic nitrogens is 3. The number of nitrogens with zero attached hydrogens (tertiary/aromatic N) is 4. The van der Waals surface area contributed by atoms with Gasteiger partial charge in [0.2, 0.25) is 5.89 Å². The number of benzene rings is 1. The van der Waals surface area contributed by atoms with Crippen molar-refractivity contribution in [2.24, 2.45) is 0 Å². The second kappa shape index (κ2) is 6.90. The molecule has 0 aliphatic carbocycles. The summed E-state index contributed by atoms with van der Waals surface area (Å²) in [6, 6.07) is 4.93. The average Bonchev–Trinajstić information content (AvgIpc) is 3.32. The SMILES string of the molecule is Cc1noc([C@H]2C[C@@H](O)CN2C(=O)Nc2ccc3nc(C(C)C)sc3c2)n1. The first-order chi connectivity index (χ1) is 12.9. The molecule has 2 atom stereocenters. The van der Waals surface area contributed by atoms with Gasteiger partial charge in [-0.1, -0.05) is 19.0 Å². The van der Waals surface area contributed by atoms with Gasteiger partial charge in [-0.2, -0.15) is 4.98 Å². The fourth-order valence-corrected chi connectivity index (χ4v) is 4.19. The number of aliphatic hydroxyl groups excluding tert-OH is 1. The van der Waals surface area contributed by atoms with Crippen LogP contribution < -0.4 is 5.32 Å². The van der Waals surface area contributed by atoms with Crippen LogP contribution in [0.25, 0.3) is 10.2 Å². The van der Waals surface area contributed by atoms with E-state index in [1.54, 1.807) is 18.3 Å². The summed E-state index contributed by atoms with van der Waals surface area (Å²) in [5.41, 5.74) is 1.62. The monoisotopic (exact) mass is 387 g/mol. The van der Waals surface area contributed by atoms with Crippen molar-refractivity contribution in [1.82, 2.24) is 20.0 Å². The lowest BCUT2D eigenvalue weighted by molar-refractivity contribution is 0.174. The third kappa shape index (κ3) is 3.52. The molecule has 8 nitrogen and oxygen atoms in total. The van der Waals surface area contributed by atoms with Crippen LogP contribution in [0, 0.1) is 6.92 Å². The minimum atomic E-state index is -0.620. The van der Waals surface area contributed by atoms with Crippen molar-refractivity contribution >= 4 is 33.3 Å². The summed E-state index contributed by atoms with van der Waals surface area (Å²) in [5.74, 6) is 1.21. The van der Waals surface area contributed by atoms with E-state index in [-0.39, 0.29) is 12.6 Å². The highest BCUT2D eigenvalue weighted by Gasteiger charge is 2.38. The molecule has 4 rings (SSSR count). The minimum Gasteiger partial charge on any atom is -0.391 e. The molecule has 0 saturated carbocycles. The number of carbonyl (C=O) groups is 1. The third-order valence-corrected chi connectivity index (χ3v) is 5.84. The number of β-amino-alcohol motifs (C(OH)–C–C–N with tert-alkyl or cyclic N) is 1. The highest BCUT2D eigenvalue weighted by molar-refractivity contribution is 7.18. The van der Waals surface area contributed by atoms with Crippen molar-refractivity contribution in [3.05, 3.63) is 34.9 Å². The van der Waals surface area contributed by atoms with Crippen LogP contribution in [0.3, 0.4) is 0 Å². The molecule has 0 spiro atoms. The molecule has 9 heteroatoms. The lowest BCUT2D eigenvalue weighted by Crippen LogP contribution is -2.35. The van der Waals surface area contributed by atoms with Gasteiger partial charge in [-0.25, -0.2) is 9.78 Å². The maximum atomic E-state index is 12.8. The Balaban J connectivity index is 1.54. The first kappa shape index (κ1) is 17.9. The molecule has 2 N–H and O–H groups in total. The zero-order valence-electron chi connectivity index (χ0n) is 15.3. The van der Waals surface area contributed by atoms with Crippen molar-refractivity contribution < 1.29 is 14.4 Å². The average molecular weight is 387 g/mol. The first-order valence-electron chi connectivity index (χ1n) is 8.87. The van der Waals surface area contributed by atoms with E-state index in [1.807, 2.05) is 18.2 Å². The summed E-state index contributed by atoms with van der Waals surface area (Å²) in [7, 11) is 0. The van der Waals surface area contributed by atoms with Gasteiger partial charge in [0.25, 0.3) is 0 Å². The van der Waals surface area contributed by atoms with Crippen molar-refractivity contribution in [3.8, 4) is 0 Å². The Kier molecular flexibility index (Phi) is 4.56. The number of carbonyl (C=O) groups excluding carboxylic acids is 1. The Bertz CT molecular complexity index is 982. The topological polar surface area (TPSA) is 104 Å². The van der Waals surface area contributed by atoms with Crippen LogP contribution in [0.5, 0.6) is 0 Å². The predicted octanol–water partition coefficient (Wildman–Crippen LogP) is 3.45. The van der Waals surface area contributed by atoms with Crippen molar-refractivity contribution in [3.63, 3.8) is 0 Å². The smallest absolute Gasteiger partial charge is 0.322 e. The van der Waals surface area contributed by atoms with Crippen LogP contribution in [-0.4, -0.2) is 43.8 Å². The van der Waals surface area contributed by atoms with Gasteiger partial charge < -0.3 is 19.8 Å². The molecule has 2 amide bonds. The van der Waals surface area contributed by atoms with Gasteiger partial charge in [-0.15, -0.1) is 11.3 Å². The standard InChI is InChI=1S/C18H21N5O3S/c1-9(2)17-21-13-5-4-11(6-15(13)27-17)20-18(25)23-8-12(24)7-14(23)16-19-10(3)22-26-16/h4-6,9,12,14,24H,7-8H2,1-3H3,(H,20,25)/t12-,14-/m1/s1. The van der Waals surface area contributed by atoms with Crippen LogP contribution in [0.15, 0.2) is 22.7 Å². The zero-order chi connectivity index (χ0) is 19.1. The molecule has 1 fully saturated rings. The van der Waals surface area contributed by atoms with Crippen LogP contribution in [0.4, 0.5) is 10.5 Å². The summed E-state index contributed by atoms with van der Waals surface area (Å²) < 4.78 is 6.24. The van der Waals surface area contributed by atoms with E-state index in [4.69, 9.17) is 4.52 Å². The molecular formula is C18H21N5O3S. The van der Waals surface area contributed by atoms with Crippen LogP contribution in [-0.2, 0) is 0 Å². The number of nitrogens with one attached hydrogen (secondary N) is 1. The molecule has 3 heterocycles. The van der Waals surface area contributed by atoms with Gasteiger partial charge in [0.15, 0.2) is 5.82 Å². The Labute approximate surface area is 160 Å². The molecular weight excluding hydrogens is 366 g/mol. The highest BCUT2D eigenvalue weighted by atomic mass is 32.1. The molecule has 27 heavy (non-hydrogen) atoms. The number of aryl methyl sites for hydroxylation is 1. The van der Waals surface area contributed by atoms with Crippen LogP contribution in [0.1, 0.15) is 49.0 Å². The van der Waals surface area contributed by atoms with E-state index in [1.165, 1.54) is 4.90 Å². The number of anilines is 1. The maximum absolute atomic E-state index is 12.8. The van der Waals surface area contributed by atoms with Gasteiger partial charge >= 0.3 is 6.03 Å². The number of thiazole rings is 1. The van der Waals surface area contributed by atoms with Gasteiger partial charge in [0, 0.05) is 24.6 Å². The lowest BCUT2D eigenvalue weighted by atomic mass is 10.2. The van der Waals surface area contributed by atoms with Crippen molar-refractivity contribution in [2.75, 3.05) is 11.9 Å². The van der Waals surface area contributed by atoms with Gasteiger partial charge in [0.05, 0.1) is 21.3 Å². The normalized spacial score (nSPS) is 20.0. The third-order valence-electron chi connectivity index (χ3n) is 4.52. The van der Waals surface area contributed by atoms with E-state index < -0.39 is 12.1 Å². The highest BCUT2D eigenvalue weighted by Crippen LogP contribution is 2.33. The molecule has 0 radical (unpaired) electrons. The second-order valence-corrected chi connectivity index (χ2v) is 8.12. The molecule has 142 valence electrons. The Hall–Kier alpha value is -2.52. The summed E-state index contributed by atoms with van der Waals surface area (Å²) in [4.78, 5) is 23.2. The summed E-state index contributed by atoms with van der Waals surface area (Å²) in [6.45, 7) is 6.16. The molecule has 1 saturated heterocycles. The first-order valence-corrected chi connectivity index (χ1v) is 9.68. The molecule has 3 aromatic rings. The quantitative estimate of drug-likeness (QED) is 0.713. The van der Waals surface area contributed by atoms with Crippen molar-refractivity contribution in [2.45, 2.75) is 45.3 Å². The predicted molar refractivity (Wildman–Crippen MR) is 102 cm³/mol.